The van der Waals surface area contributed by atoms with Gasteiger partial charge < -0.3 is 58.5 Å². The first-order valence-corrected chi connectivity index (χ1v) is 31.6. The first kappa shape index (κ1) is 58.3. The Morgan fingerprint density at radius 2 is 1.22 bits per heavy atom. The van der Waals surface area contributed by atoms with Crippen LogP contribution < -0.4 is 39.5 Å². The van der Waals surface area contributed by atoms with Crippen molar-refractivity contribution < 1.29 is 27.8 Å². The fourth-order valence-corrected chi connectivity index (χ4v) is 15.0. The molecule has 4 aromatic carbocycles. The molecule has 6 aliphatic heterocycles. The Kier molecular flexibility index (Phi) is 15.8. The molecule has 10 heterocycles. The van der Waals surface area contributed by atoms with Crippen LogP contribution in [0.2, 0.25) is 10.0 Å². The molecule has 0 spiro atoms. The quantitative estimate of drug-likeness (QED) is 0.0803. The number of ether oxygens (including phenoxy) is 3. The van der Waals surface area contributed by atoms with Gasteiger partial charge in [-0.2, -0.15) is 28.7 Å². The second kappa shape index (κ2) is 23.8. The maximum Gasteiger partial charge on any atom is 0.328 e. The van der Waals surface area contributed by atoms with Crippen molar-refractivity contribution in [3.8, 4) is 17.8 Å². The summed E-state index contributed by atoms with van der Waals surface area (Å²) in [5.41, 5.74) is 13.5. The topological polar surface area (TPSA) is 177 Å². The highest BCUT2D eigenvalue weighted by Gasteiger charge is 2.39. The summed E-state index contributed by atoms with van der Waals surface area (Å²) in [6, 6.07) is 21.5. The number of hydrogen-bond donors (Lipinski definition) is 1. The van der Waals surface area contributed by atoms with Gasteiger partial charge in [0.25, 0.3) is 0 Å². The number of nitrogens with two attached hydrogens (primary N) is 1. The van der Waals surface area contributed by atoms with E-state index in [0.29, 0.717) is 112 Å². The summed E-state index contributed by atoms with van der Waals surface area (Å²) in [6.07, 6.45) is 8.05. The highest BCUT2D eigenvalue weighted by atomic mass is 35.5. The van der Waals surface area contributed by atoms with E-state index in [0.717, 1.165) is 99.4 Å². The lowest BCUT2D eigenvalue weighted by atomic mass is 9.79. The average molecular weight is 1240 g/mol. The molecule has 14 rings (SSSR count). The number of halogens is 4. The fourth-order valence-electron chi connectivity index (χ4n) is 14.4. The largest absolute Gasteiger partial charge is 0.462 e. The molecule has 460 valence electrons. The number of benzene rings is 4. The van der Waals surface area contributed by atoms with Gasteiger partial charge in [0.2, 0.25) is 11.9 Å². The molecule has 2 saturated heterocycles. The van der Waals surface area contributed by atoms with Gasteiger partial charge >= 0.3 is 18.0 Å². The fraction of sp³-hybridized carbons (Fsp3) is 0.462. The zero-order valence-electron chi connectivity index (χ0n) is 50.3. The van der Waals surface area contributed by atoms with Gasteiger partial charge in [-0.05, 0) is 126 Å². The number of likely N-dealkylation sites (tertiary alicyclic amines) is 2. The number of rotatable bonds is 14. The maximum absolute atomic E-state index is 15.1. The van der Waals surface area contributed by atoms with Crippen molar-refractivity contribution in [2.45, 2.75) is 129 Å². The Bertz CT molecular complexity index is 3980. The number of carbonyl (C=O) groups excluding carboxylic acids is 1. The molecule has 88 heavy (non-hydrogen) atoms. The zero-order valence-corrected chi connectivity index (χ0v) is 51.8. The van der Waals surface area contributed by atoms with Gasteiger partial charge in [-0.1, -0.05) is 66.5 Å². The highest BCUT2D eigenvalue weighted by molar-refractivity contribution is 6.37. The van der Waals surface area contributed by atoms with Crippen molar-refractivity contribution in [1.29, 1.82) is 0 Å². The van der Waals surface area contributed by atoms with Gasteiger partial charge in [0.1, 0.15) is 36.6 Å². The van der Waals surface area contributed by atoms with Crippen LogP contribution in [0.25, 0.3) is 21.5 Å². The normalized spacial score (nSPS) is 22.1. The second-order valence-electron chi connectivity index (χ2n) is 25.1. The van der Waals surface area contributed by atoms with Gasteiger partial charge in [-0.15, -0.1) is 0 Å². The van der Waals surface area contributed by atoms with Crippen LogP contribution in [0.5, 0.6) is 17.8 Å². The molecule has 2 unspecified atom stereocenters. The van der Waals surface area contributed by atoms with E-state index in [1.54, 1.807) is 12.7 Å². The first-order chi connectivity index (χ1) is 42.6. The number of fused-ring (bicyclic) bond motifs is 6. The van der Waals surface area contributed by atoms with E-state index >= 15 is 8.78 Å². The molecule has 0 saturated carbocycles. The number of hydrogen-bond acceptors (Lipinski definition) is 17. The molecule has 8 aromatic rings. The summed E-state index contributed by atoms with van der Waals surface area (Å²) >= 11 is 13.9. The molecular weight excluding hydrogens is 1160 g/mol. The summed E-state index contributed by atoms with van der Waals surface area (Å²) in [7, 11) is 4.21. The van der Waals surface area contributed by atoms with Crippen LogP contribution in [0.4, 0.5) is 31.8 Å². The van der Waals surface area contributed by atoms with Crippen LogP contribution in [-0.4, -0.2) is 139 Å². The van der Waals surface area contributed by atoms with Gasteiger partial charge in [-0.25, -0.2) is 14.8 Å². The maximum atomic E-state index is 15.1. The summed E-state index contributed by atoms with van der Waals surface area (Å²) in [5.74, 6) is 0.177. The minimum Gasteiger partial charge on any atom is -0.462 e. The lowest BCUT2D eigenvalue weighted by Gasteiger charge is -2.40. The molecule has 4 aromatic heterocycles. The van der Waals surface area contributed by atoms with Gasteiger partial charge in [-0.3, -0.25) is 0 Å². The minimum absolute atomic E-state index is 0.00504. The van der Waals surface area contributed by atoms with Crippen LogP contribution in [0.3, 0.4) is 0 Å². The van der Waals surface area contributed by atoms with Gasteiger partial charge in [0.15, 0.2) is 0 Å². The molecule has 0 amide bonds. The lowest BCUT2D eigenvalue weighted by molar-refractivity contribution is -0.137. The number of aromatic nitrogens is 8. The Morgan fingerprint density at radius 3 is 1.81 bits per heavy atom. The monoisotopic (exact) mass is 1240 g/mol. The van der Waals surface area contributed by atoms with Crippen molar-refractivity contribution >= 4 is 73.7 Å². The third-order valence-electron chi connectivity index (χ3n) is 19.7. The van der Waals surface area contributed by atoms with E-state index in [1.165, 1.54) is 0 Å². The smallest absolute Gasteiger partial charge is 0.328 e. The number of likely N-dealkylation sites (N-methyl/N-ethyl adjacent to an activating group) is 2. The molecule has 0 aliphatic carbocycles. The molecule has 2 fully saturated rings. The van der Waals surface area contributed by atoms with E-state index in [-0.39, 0.29) is 48.0 Å². The molecule has 23 heteroatoms. The summed E-state index contributed by atoms with van der Waals surface area (Å²) in [5, 5.41) is 4.93. The van der Waals surface area contributed by atoms with Crippen molar-refractivity contribution in [1.82, 2.24) is 48.8 Å². The van der Waals surface area contributed by atoms with E-state index < -0.39 is 23.9 Å². The van der Waals surface area contributed by atoms with Crippen LogP contribution in [-0.2, 0) is 56.9 Å². The van der Waals surface area contributed by atoms with Crippen LogP contribution >= 0.6 is 23.2 Å². The lowest BCUT2D eigenvalue weighted by Crippen LogP contribution is -2.49. The predicted molar refractivity (Wildman–Crippen MR) is 336 cm³/mol. The number of carbonyl (C=O) groups is 1. The number of esters is 1. The van der Waals surface area contributed by atoms with E-state index in [1.807, 2.05) is 58.5 Å². The standard InChI is InChI=1S/C65H73Cl2F2N15O4/c1-37-27-81-35-71-59(68)54(81)31-83(37)61-46-18-22-79(52-16-8-11-40-10-6-14-48(66)56(40)52)29-50(46)73-65(76-61)87-34-44-24-41(17-21-78(44)5)39(3)58(70)63(85)88-45-25-42-12-7-15-49(67)57(42)53(26-45)80-23-19-47-51(30-80)74-64(86-33-43-13-9-20-77(43)4)75-62(47)84-32-55-60(69)72-36-82(55)28-38(84)2/h6-8,10-12,14-16,25-26,35-39,41,43-44,58H,9,13,17-24,27-34,70H2,1-5H3/t37-,38-,39?,41?,43+,44-,58-/m1/s1. The number of nitrogens with zero attached hydrogens (tertiary/aromatic N) is 14. The predicted octanol–water partition coefficient (Wildman–Crippen LogP) is 9.62. The summed E-state index contributed by atoms with van der Waals surface area (Å²) in [4.78, 5) is 56.3. The second-order valence-corrected chi connectivity index (χ2v) is 25.9. The zero-order chi connectivity index (χ0) is 60.6. The van der Waals surface area contributed by atoms with E-state index in [2.05, 4.69) is 91.6 Å². The molecule has 6 aliphatic rings. The summed E-state index contributed by atoms with van der Waals surface area (Å²) in [6.45, 7) is 12.7. The molecule has 19 nitrogen and oxygen atoms in total. The SMILES string of the molecule is CC(C1CCN(C)[C@@H](COc2nc3c(c(N4Cc5c(F)ncn5C[C@H]4C)n2)CCN(c2cccc4cccc(Cl)c24)C3)C1)[C@@H](N)C(=O)Oc1cc(N2CCc3c(nc(OC[C@@H]4CCCN4C)nc3N3Cc4c(F)ncn4C[C@H]3C)C2)c2c(Cl)cccc2c1. The third-order valence-corrected chi connectivity index (χ3v) is 20.4. The molecule has 2 N–H and O–H groups in total. The third kappa shape index (κ3) is 11.0. The average Bonchev–Trinajstić information content (AvgIpc) is 1.53. The minimum atomic E-state index is -0.934. The van der Waals surface area contributed by atoms with Crippen molar-refractivity contribution in [2.75, 3.05) is 73.1 Å². The number of piperidine rings is 1. The van der Waals surface area contributed by atoms with Gasteiger partial charge in [0.05, 0.1) is 77.3 Å². The first-order valence-electron chi connectivity index (χ1n) is 30.8. The Hall–Kier alpha value is -7.43. The van der Waals surface area contributed by atoms with Crippen molar-refractivity contribution in [2.24, 2.45) is 17.6 Å². The Morgan fingerprint density at radius 1 is 0.670 bits per heavy atom. The Balaban J connectivity index is 0.689. The molecule has 7 atom stereocenters. The highest BCUT2D eigenvalue weighted by Crippen LogP contribution is 2.43. The van der Waals surface area contributed by atoms with Crippen LogP contribution in [0, 0.1) is 23.7 Å². The Labute approximate surface area is 520 Å². The number of imidazole rings is 2. The van der Waals surface area contributed by atoms with E-state index in [9.17, 15) is 4.79 Å². The number of anilines is 4. The van der Waals surface area contributed by atoms with Crippen LogP contribution in [0.15, 0.2) is 79.4 Å². The van der Waals surface area contributed by atoms with E-state index in [4.69, 9.17) is 63.1 Å². The molecule has 0 bridgehead atoms. The van der Waals surface area contributed by atoms with Gasteiger partial charge in [0, 0.05) is 84.0 Å². The molecule has 0 radical (unpaired) electrons. The summed E-state index contributed by atoms with van der Waals surface area (Å²) < 4.78 is 53.5. The van der Waals surface area contributed by atoms with Crippen LogP contribution in [0.1, 0.15) is 80.4 Å². The van der Waals surface area contributed by atoms with Crippen molar-refractivity contribution in [3.63, 3.8) is 0 Å². The van der Waals surface area contributed by atoms with Crippen molar-refractivity contribution in [3.05, 3.63) is 135 Å². The molecular formula is C65H73Cl2F2N15O4.